The number of aromatic nitrogens is 3. The molecule has 68 valence electrons. The van der Waals surface area contributed by atoms with E-state index in [1.54, 1.807) is 0 Å². The molecule has 12 heavy (non-hydrogen) atoms. The highest BCUT2D eigenvalue weighted by Gasteiger charge is 2.26. The Balaban J connectivity index is 3.02. The Kier molecular flexibility index (Phi) is 2.32. The summed E-state index contributed by atoms with van der Waals surface area (Å²) in [4.78, 5) is 13.4. The fraction of sp³-hybridized carbons (Fsp3) is 0.714. The molecule has 0 spiro atoms. The Bertz CT molecular complexity index is 296. The van der Waals surface area contributed by atoms with E-state index >= 15 is 0 Å². The Morgan fingerprint density at radius 1 is 1.67 bits per heavy atom. The molecule has 1 rings (SSSR count). The first-order valence-electron chi connectivity index (χ1n) is 3.97. The number of rotatable bonds is 3. The van der Waals surface area contributed by atoms with Crippen molar-refractivity contribution < 1.29 is 0 Å². The van der Waals surface area contributed by atoms with Gasteiger partial charge in [0.2, 0.25) is 0 Å². The van der Waals surface area contributed by atoms with Crippen LogP contribution in [0, 0.1) is 0 Å². The van der Waals surface area contributed by atoms with E-state index in [1.807, 2.05) is 13.8 Å². The van der Waals surface area contributed by atoms with Gasteiger partial charge in [-0.3, -0.25) is 4.98 Å². The van der Waals surface area contributed by atoms with E-state index in [0.29, 0.717) is 12.4 Å². The maximum absolute atomic E-state index is 10.8. The molecule has 1 aromatic heterocycles. The predicted octanol–water partition coefficient (Wildman–Crippen LogP) is -0.276. The quantitative estimate of drug-likeness (QED) is 0.583. The second kappa shape index (κ2) is 3.10. The topological polar surface area (TPSA) is 87.6 Å². The summed E-state index contributed by atoms with van der Waals surface area (Å²) in [6.45, 7) is 4.46. The Labute approximate surface area is 70.4 Å². The molecule has 0 fully saturated rings. The highest BCUT2D eigenvalue weighted by atomic mass is 16.1. The van der Waals surface area contributed by atoms with Gasteiger partial charge >= 0.3 is 5.69 Å². The Morgan fingerprint density at radius 3 is 2.67 bits per heavy atom. The molecule has 1 atom stereocenters. The van der Waals surface area contributed by atoms with Gasteiger partial charge < -0.3 is 5.73 Å². The Hall–Kier alpha value is -1.10. The standard InChI is InChI=1S/C7H14N4O/c1-3-7(2,4-8)5-9-6(12)11-10-5/h3-4,8H2,1-2H3,(H2,9,10,11,12). The zero-order valence-electron chi connectivity index (χ0n) is 7.35. The molecule has 5 nitrogen and oxygen atoms in total. The second-order valence-electron chi connectivity index (χ2n) is 3.14. The molecule has 0 aliphatic heterocycles. The Morgan fingerprint density at radius 2 is 2.33 bits per heavy atom. The predicted molar refractivity (Wildman–Crippen MR) is 45.9 cm³/mol. The van der Waals surface area contributed by atoms with Crippen molar-refractivity contribution in [3.8, 4) is 0 Å². The van der Waals surface area contributed by atoms with E-state index < -0.39 is 0 Å². The summed E-state index contributed by atoms with van der Waals surface area (Å²) in [7, 11) is 0. The number of hydrogen-bond donors (Lipinski definition) is 3. The SMILES string of the molecule is CCC(C)(CN)c1n[nH]c(=O)[nH]1. The minimum atomic E-state index is -0.280. The maximum atomic E-state index is 10.8. The van der Waals surface area contributed by atoms with E-state index in [1.165, 1.54) is 0 Å². The van der Waals surface area contributed by atoms with Crippen molar-refractivity contribution in [1.29, 1.82) is 0 Å². The summed E-state index contributed by atoms with van der Waals surface area (Å²) in [5.74, 6) is 0.637. The number of nitrogens with one attached hydrogen (secondary N) is 2. The van der Waals surface area contributed by atoms with Gasteiger partial charge in [0.15, 0.2) is 0 Å². The molecular formula is C7H14N4O. The molecule has 0 aliphatic rings. The van der Waals surface area contributed by atoms with Crippen molar-refractivity contribution >= 4 is 0 Å². The van der Waals surface area contributed by atoms with Gasteiger partial charge in [0.25, 0.3) is 0 Å². The summed E-state index contributed by atoms with van der Waals surface area (Å²) in [5.41, 5.74) is 5.08. The van der Waals surface area contributed by atoms with Crippen LogP contribution in [0.25, 0.3) is 0 Å². The van der Waals surface area contributed by atoms with Crippen LogP contribution in [0.1, 0.15) is 26.1 Å². The van der Waals surface area contributed by atoms with E-state index in [9.17, 15) is 4.79 Å². The van der Waals surface area contributed by atoms with Gasteiger partial charge in [-0.1, -0.05) is 13.8 Å². The second-order valence-corrected chi connectivity index (χ2v) is 3.14. The zero-order valence-corrected chi connectivity index (χ0v) is 7.35. The van der Waals surface area contributed by atoms with Crippen LogP contribution in [0.2, 0.25) is 0 Å². The smallest absolute Gasteiger partial charge is 0.329 e. The van der Waals surface area contributed by atoms with E-state index in [-0.39, 0.29) is 11.1 Å². The van der Waals surface area contributed by atoms with Crippen molar-refractivity contribution in [2.24, 2.45) is 5.73 Å². The highest BCUT2D eigenvalue weighted by Crippen LogP contribution is 2.20. The van der Waals surface area contributed by atoms with Crippen LogP contribution in [0.15, 0.2) is 4.79 Å². The molecule has 1 heterocycles. The van der Waals surface area contributed by atoms with Crippen LogP contribution in [-0.4, -0.2) is 21.7 Å². The molecule has 0 aliphatic carbocycles. The van der Waals surface area contributed by atoms with Crippen LogP contribution in [-0.2, 0) is 5.41 Å². The van der Waals surface area contributed by atoms with E-state index in [4.69, 9.17) is 5.73 Å². The molecule has 0 radical (unpaired) electrons. The van der Waals surface area contributed by atoms with Gasteiger partial charge in [-0.05, 0) is 6.42 Å². The molecule has 1 aromatic rings. The molecule has 0 aromatic carbocycles. The summed E-state index contributed by atoms with van der Waals surface area (Å²) in [5, 5.41) is 6.18. The van der Waals surface area contributed by atoms with Crippen molar-refractivity contribution in [2.45, 2.75) is 25.7 Å². The monoisotopic (exact) mass is 170 g/mol. The average molecular weight is 170 g/mol. The molecule has 5 heteroatoms. The van der Waals surface area contributed by atoms with Gasteiger partial charge in [0, 0.05) is 12.0 Å². The minimum absolute atomic E-state index is 0.223. The third-order valence-electron chi connectivity index (χ3n) is 2.30. The van der Waals surface area contributed by atoms with E-state index in [2.05, 4.69) is 15.2 Å². The third kappa shape index (κ3) is 1.40. The van der Waals surface area contributed by atoms with Gasteiger partial charge in [-0.15, -0.1) is 0 Å². The molecule has 0 saturated heterocycles. The number of nitrogens with zero attached hydrogens (tertiary/aromatic N) is 1. The van der Waals surface area contributed by atoms with Gasteiger partial charge in [0.1, 0.15) is 5.82 Å². The average Bonchev–Trinajstić information content (AvgIpc) is 2.51. The summed E-state index contributed by atoms with van der Waals surface area (Å²) in [6.07, 6.45) is 0.851. The lowest BCUT2D eigenvalue weighted by Crippen LogP contribution is -2.32. The molecular weight excluding hydrogens is 156 g/mol. The first kappa shape index (κ1) is 8.99. The summed E-state index contributed by atoms with van der Waals surface area (Å²) >= 11 is 0. The van der Waals surface area contributed by atoms with Crippen molar-refractivity contribution in [3.05, 3.63) is 16.3 Å². The lowest BCUT2D eigenvalue weighted by atomic mass is 9.87. The van der Waals surface area contributed by atoms with Crippen molar-refractivity contribution in [1.82, 2.24) is 15.2 Å². The fourth-order valence-electron chi connectivity index (χ4n) is 0.964. The number of aromatic amines is 2. The first-order chi connectivity index (χ1) is 5.62. The van der Waals surface area contributed by atoms with Gasteiger partial charge in [-0.25, -0.2) is 9.89 Å². The van der Waals surface area contributed by atoms with Crippen LogP contribution in [0.5, 0.6) is 0 Å². The van der Waals surface area contributed by atoms with Crippen LogP contribution >= 0.6 is 0 Å². The van der Waals surface area contributed by atoms with E-state index in [0.717, 1.165) is 6.42 Å². The van der Waals surface area contributed by atoms with Crippen LogP contribution < -0.4 is 11.4 Å². The minimum Gasteiger partial charge on any atom is -0.329 e. The molecule has 0 saturated carbocycles. The molecule has 4 N–H and O–H groups in total. The number of H-pyrrole nitrogens is 2. The largest absolute Gasteiger partial charge is 0.340 e. The lowest BCUT2D eigenvalue weighted by molar-refractivity contribution is 0.439. The summed E-state index contributed by atoms with van der Waals surface area (Å²) in [6, 6.07) is 0. The number of hydrogen-bond acceptors (Lipinski definition) is 3. The maximum Gasteiger partial charge on any atom is 0.340 e. The molecule has 0 bridgehead atoms. The van der Waals surface area contributed by atoms with Gasteiger partial charge in [-0.2, -0.15) is 5.10 Å². The highest BCUT2D eigenvalue weighted by molar-refractivity contribution is 5.03. The fourth-order valence-corrected chi connectivity index (χ4v) is 0.964. The van der Waals surface area contributed by atoms with Crippen molar-refractivity contribution in [2.75, 3.05) is 6.54 Å². The first-order valence-corrected chi connectivity index (χ1v) is 3.97. The number of nitrogens with two attached hydrogens (primary N) is 1. The molecule has 1 unspecified atom stereocenters. The molecule has 0 amide bonds. The van der Waals surface area contributed by atoms with Crippen molar-refractivity contribution in [3.63, 3.8) is 0 Å². The zero-order chi connectivity index (χ0) is 9.19. The third-order valence-corrected chi connectivity index (χ3v) is 2.30. The normalized spacial score (nSPS) is 15.9. The van der Waals surface area contributed by atoms with Gasteiger partial charge in [0.05, 0.1) is 0 Å². The summed E-state index contributed by atoms with van der Waals surface area (Å²) < 4.78 is 0. The lowest BCUT2D eigenvalue weighted by Gasteiger charge is -2.22. The van der Waals surface area contributed by atoms with Crippen LogP contribution in [0.3, 0.4) is 0 Å². The van der Waals surface area contributed by atoms with Crippen LogP contribution in [0.4, 0.5) is 0 Å².